The molecule has 2 aliphatic rings. The van der Waals surface area contributed by atoms with E-state index in [0.29, 0.717) is 5.92 Å². The van der Waals surface area contributed by atoms with E-state index in [1.54, 1.807) is 7.11 Å². The molecule has 0 aliphatic carbocycles. The maximum absolute atomic E-state index is 5.62. The van der Waals surface area contributed by atoms with E-state index in [1.807, 2.05) is 6.07 Å². The molecule has 150 valence electrons. The molecule has 1 atom stereocenters. The fraction of sp³-hybridized carbons (Fsp3) is 0.360. The normalized spacial score (nSPS) is 19.9. The number of rotatable bonds is 3. The zero-order valence-corrected chi connectivity index (χ0v) is 17.2. The summed E-state index contributed by atoms with van der Waals surface area (Å²) in [6.07, 6.45) is 0. The van der Waals surface area contributed by atoms with Crippen LogP contribution >= 0.6 is 0 Å². The summed E-state index contributed by atoms with van der Waals surface area (Å²) >= 11 is 0. The highest BCUT2D eigenvalue weighted by Crippen LogP contribution is 2.37. The number of morpholine rings is 1. The van der Waals surface area contributed by atoms with Crippen LogP contribution in [0.1, 0.15) is 22.6 Å². The third kappa shape index (κ3) is 3.47. The molecule has 3 aromatic carbocycles. The van der Waals surface area contributed by atoms with Gasteiger partial charge in [-0.15, -0.1) is 0 Å². The highest BCUT2D eigenvalue weighted by molar-refractivity contribution is 5.89. The summed E-state index contributed by atoms with van der Waals surface area (Å²) in [7, 11) is 3.97. The number of likely N-dealkylation sites (N-methyl/N-ethyl adjacent to an activating group) is 1. The van der Waals surface area contributed by atoms with E-state index in [-0.39, 0.29) is 0 Å². The number of methoxy groups -OCH3 is 1. The van der Waals surface area contributed by atoms with E-state index in [4.69, 9.17) is 9.47 Å². The fourth-order valence-electron chi connectivity index (χ4n) is 4.79. The van der Waals surface area contributed by atoms with Crippen LogP contribution in [0.2, 0.25) is 0 Å². The average Bonchev–Trinajstić information content (AvgIpc) is 2.78. The Bertz CT molecular complexity index is 1030. The molecule has 0 radical (unpaired) electrons. The van der Waals surface area contributed by atoms with E-state index in [9.17, 15) is 0 Å². The smallest absolute Gasteiger partial charge is 0.126 e. The van der Waals surface area contributed by atoms with Crippen molar-refractivity contribution in [3.8, 4) is 5.75 Å². The van der Waals surface area contributed by atoms with Crippen LogP contribution in [0.4, 0.5) is 5.69 Å². The van der Waals surface area contributed by atoms with Gasteiger partial charge in [-0.2, -0.15) is 0 Å². The minimum Gasteiger partial charge on any atom is -0.496 e. The minimum absolute atomic E-state index is 0.372. The van der Waals surface area contributed by atoms with Crippen molar-refractivity contribution in [2.45, 2.75) is 12.5 Å². The quantitative estimate of drug-likeness (QED) is 0.669. The van der Waals surface area contributed by atoms with Crippen molar-refractivity contribution in [2.75, 3.05) is 51.9 Å². The van der Waals surface area contributed by atoms with E-state index in [1.165, 1.54) is 33.2 Å². The molecule has 3 aromatic rings. The van der Waals surface area contributed by atoms with Crippen LogP contribution in [0.5, 0.6) is 5.75 Å². The first-order valence-electron chi connectivity index (χ1n) is 10.4. The third-order valence-corrected chi connectivity index (χ3v) is 6.30. The lowest BCUT2D eigenvalue weighted by Gasteiger charge is -2.35. The van der Waals surface area contributed by atoms with Crippen molar-refractivity contribution in [3.63, 3.8) is 0 Å². The summed E-state index contributed by atoms with van der Waals surface area (Å²) in [5.74, 6) is 1.31. The van der Waals surface area contributed by atoms with Gasteiger partial charge in [0.15, 0.2) is 0 Å². The largest absolute Gasteiger partial charge is 0.496 e. The zero-order valence-electron chi connectivity index (χ0n) is 17.2. The van der Waals surface area contributed by atoms with Crippen molar-refractivity contribution in [2.24, 2.45) is 0 Å². The number of anilines is 1. The molecule has 1 unspecified atom stereocenters. The SMILES string of the molecule is COc1cccc2ccc(C3CN(C)Cc4cc(N5CCOCC5)ccc43)cc12. The molecule has 0 spiro atoms. The van der Waals surface area contributed by atoms with Gasteiger partial charge < -0.3 is 19.3 Å². The van der Waals surface area contributed by atoms with Crippen LogP contribution < -0.4 is 9.64 Å². The van der Waals surface area contributed by atoms with Crippen LogP contribution in [0.15, 0.2) is 54.6 Å². The average molecular weight is 389 g/mol. The maximum atomic E-state index is 5.62. The Morgan fingerprint density at radius 1 is 1.00 bits per heavy atom. The van der Waals surface area contributed by atoms with Crippen molar-refractivity contribution < 1.29 is 9.47 Å². The topological polar surface area (TPSA) is 24.9 Å². The maximum Gasteiger partial charge on any atom is 0.126 e. The van der Waals surface area contributed by atoms with Gasteiger partial charge in [0, 0.05) is 43.2 Å². The first kappa shape index (κ1) is 18.5. The molecule has 2 aliphatic heterocycles. The van der Waals surface area contributed by atoms with Crippen LogP contribution in [-0.2, 0) is 11.3 Å². The standard InChI is InChI=1S/C25H28N2O2/c1-26-16-20-14-21(27-10-12-29-13-11-27)8-9-22(20)24(17-26)19-7-6-18-4-3-5-25(28-2)23(18)15-19/h3-9,14-15,24H,10-13,16-17H2,1-2H3. The Hall–Kier alpha value is -2.56. The summed E-state index contributed by atoms with van der Waals surface area (Å²) in [5, 5.41) is 2.41. The number of hydrogen-bond acceptors (Lipinski definition) is 4. The molecule has 29 heavy (non-hydrogen) atoms. The number of hydrogen-bond donors (Lipinski definition) is 0. The van der Waals surface area contributed by atoms with Gasteiger partial charge in [-0.25, -0.2) is 0 Å². The molecule has 1 fully saturated rings. The van der Waals surface area contributed by atoms with Gasteiger partial charge in [0.1, 0.15) is 5.75 Å². The molecular formula is C25H28N2O2. The van der Waals surface area contributed by atoms with E-state index >= 15 is 0 Å². The number of ether oxygens (including phenoxy) is 2. The van der Waals surface area contributed by atoms with Gasteiger partial charge >= 0.3 is 0 Å². The molecule has 4 heteroatoms. The molecule has 2 heterocycles. The number of benzene rings is 3. The fourth-order valence-corrected chi connectivity index (χ4v) is 4.79. The molecule has 0 N–H and O–H groups in total. The molecule has 0 saturated carbocycles. The van der Waals surface area contributed by atoms with Gasteiger partial charge in [0.2, 0.25) is 0 Å². The number of fused-ring (bicyclic) bond motifs is 2. The summed E-state index contributed by atoms with van der Waals surface area (Å²) < 4.78 is 11.1. The third-order valence-electron chi connectivity index (χ3n) is 6.30. The van der Waals surface area contributed by atoms with E-state index in [0.717, 1.165) is 45.1 Å². The van der Waals surface area contributed by atoms with Crippen molar-refractivity contribution in [3.05, 3.63) is 71.3 Å². The highest BCUT2D eigenvalue weighted by atomic mass is 16.5. The van der Waals surface area contributed by atoms with Gasteiger partial charge in [-0.3, -0.25) is 0 Å². The van der Waals surface area contributed by atoms with Crippen molar-refractivity contribution >= 4 is 16.5 Å². The predicted molar refractivity (Wildman–Crippen MR) is 118 cm³/mol. The van der Waals surface area contributed by atoms with Crippen LogP contribution in [0, 0.1) is 0 Å². The van der Waals surface area contributed by atoms with Gasteiger partial charge in [0.05, 0.1) is 20.3 Å². The Kier molecular flexibility index (Phi) is 4.90. The summed E-state index contributed by atoms with van der Waals surface area (Å²) in [4.78, 5) is 4.87. The van der Waals surface area contributed by atoms with Crippen molar-refractivity contribution in [1.82, 2.24) is 4.90 Å². The lowest BCUT2D eigenvalue weighted by atomic mass is 9.83. The summed E-state index contributed by atoms with van der Waals surface area (Å²) in [6.45, 7) is 5.62. The molecule has 0 aromatic heterocycles. The Balaban J connectivity index is 1.54. The second-order valence-electron chi connectivity index (χ2n) is 8.17. The molecule has 1 saturated heterocycles. The summed E-state index contributed by atoms with van der Waals surface area (Å²) in [5.41, 5.74) is 5.57. The first-order chi connectivity index (χ1) is 14.2. The molecule has 0 amide bonds. The monoisotopic (exact) mass is 388 g/mol. The van der Waals surface area contributed by atoms with E-state index in [2.05, 4.69) is 65.4 Å². The number of nitrogens with zero attached hydrogens (tertiary/aromatic N) is 2. The molecular weight excluding hydrogens is 360 g/mol. The second-order valence-corrected chi connectivity index (χ2v) is 8.17. The predicted octanol–water partition coefficient (Wildman–Crippen LogP) is 4.26. The van der Waals surface area contributed by atoms with Crippen molar-refractivity contribution in [1.29, 1.82) is 0 Å². The van der Waals surface area contributed by atoms with Crippen LogP contribution in [0.3, 0.4) is 0 Å². The Morgan fingerprint density at radius 2 is 1.86 bits per heavy atom. The van der Waals surface area contributed by atoms with E-state index < -0.39 is 0 Å². The summed E-state index contributed by atoms with van der Waals surface area (Å²) in [6, 6.07) is 20.1. The Morgan fingerprint density at radius 3 is 2.69 bits per heavy atom. The minimum atomic E-state index is 0.372. The molecule has 4 nitrogen and oxygen atoms in total. The van der Waals surface area contributed by atoms with Crippen LogP contribution in [-0.4, -0.2) is 51.9 Å². The van der Waals surface area contributed by atoms with Gasteiger partial charge in [0.25, 0.3) is 0 Å². The highest BCUT2D eigenvalue weighted by Gasteiger charge is 2.26. The molecule has 0 bridgehead atoms. The van der Waals surface area contributed by atoms with Crippen LogP contribution in [0.25, 0.3) is 10.8 Å². The second kappa shape index (κ2) is 7.69. The Labute approximate surface area is 172 Å². The molecule has 5 rings (SSSR count). The zero-order chi connectivity index (χ0) is 19.8. The lowest BCUT2D eigenvalue weighted by molar-refractivity contribution is 0.122. The van der Waals surface area contributed by atoms with Gasteiger partial charge in [-0.05, 0) is 53.4 Å². The van der Waals surface area contributed by atoms with Gasteiger partial charge in [-0.1, -0.05) is 30.3 Å². The first-order valence-corrected chi connectivity index (χ1v) is 10.4. The lowest BCUT2D eigenvalue weighted by Crippen LogP contribution is -2.36.